The smallest absolute Gasteiger partial charge is 0.224 e. The van der Waals surface area contributed by atoms with Crippen LogP contribution in [0.5, 0.6) is 0 Å². The van der Waals surface area contributed by atoms with E-state index in [0.717, 1.165) is 36.9 Å². The third kappa shape index (κ3) is 5.89. The molecule has 2 aliphatic carbocycles. The summed E-state index contributed by atoms with van der Waals surface area (Å²) in [6.07, 6.45) is 12.1. The number of nitrogens with two attached hydrogens (primary N) is 1. The first-order valence-electron chi connectivity index (χ1n) is 10.6. The van der Waals surface area contributed by atoms with Gasteiger partial charge in [-0.1, -0.05) is 50.7 Å². The van der Waals surface area contributed by atoms with Gasteiger partial charge in [0.15, 0.2) is 0 Å². The highest BCUT2D eigenvalue weighted by Crippen LogP contribution is 2.38. The molecule has 27 heavy (non-hydrogen) atoms. The number of anilines is 1. The standard InChI is InChI=1S/C22H34N2O2S/c23-17-22(12-5-2-6-13-22)15-21(25)24-19-9-7-8-18(14-19)16-27(26)20-10-3-1-4-11-20/h7-9,14,20H,1-6,10-13,15-17,23H2,(H,24,25). The van der Waals surface area contributed by atoms with Gasteiger partial charge in [-0.05, 0) is 55.3 Å². The molecule has 2 saturated carbocycles. The normalized spacial score (nSPS) is 21.5. The molecule has 150 valence electrons. The number of carbonyl (C=O) groups is 1. The SMILES string of the molecule is NCC1(CC(=O)Nc2cccc(CS(=O)C3CCCCC3)c2)CCCCC1. The van der Waals surface area contributed by atoms with Crippen molar-refractivity contribution in [3.05, 3.63) is 29.8 Å². The summed E-state index contributed by atoms with van der Waals surface area (Å²) >= 11 is 0. The average Bonchev–Trinajstić information content (AvgIpc) is 2.69. The molecule has 1 atom stereocenters. The number of carbonyl (C=O) groups excluding carboxylic acids is 1. The predicted octanol–water partition coefficient (Wildman–Crippen LogP) is 4.51. The van der Waals surface area contributed by atoms with Crippen LogP contribution in [0.2, 0.25) is 0 Å². The molecule has 4 nitrogen and oxygen atoms in total. The number of nitrogens with one attached hydrogen (secondary N) is 1. The lowest BCUT2D eigenvalue weighted by Gasteiger charge is -2.35. The van der Waals surface area contributed by atoms with E-state index >= 15 is 0 Å². The average molecular weight is 391 g/mol. The number of rotatable bonds is 7. The van der Waals surface area contributed by atoms with Crippen LogP contribution < -0.4 is 11.1 Å². The first kappa shape index (κ1) is 20.5. The first-order valence-corrected chi connectivity index (χ1v) is 11.9. The lowest BCUT2D eigenvalue weighted by atomic mass is 9.71. The second-order valence-electron chi connectivity index (χ2n) is 8.48. The van der Waals surface area contributed by atoms with Crippen molar-refractivity contribution in [3.8, 4) is 0 Å². The van der Waals surface area contributed by atoms with Crippen molar-refractivity contribution < 1.29 is 9.00 Å². The molecule has 1 aromatic carbocycles. The van der Waals surface area contributed by atoms with E-state index in [9.17, 15) is 9.00 Å². The Balaban J connectivity index is 1.56. The molecule has 0 saturated heterocycles. The fourth-order valence-corrected chi connectivity index (χ4v) is 6.25. The molecular formula is C22H34N2O2S. The summed E-state index contributed by atoms with van der Waals surface area (Å²) in [5.74, 6) is 0.633. The van der Waals surface area contributed by atoms with Crippen LogP contribution in [-0.2, 0) is 21.3 Å². The minimum Gasteiger partial charge on any atom is -0.330 e. The van der Waals surface area contributed by atoms with Crippen LogP contribution in [0.15, 0.2) is 24.3 Å². The fourth-order valence-electron chi connectivity index (χ4n) is 4.65. The van der Waals surface area contributed by atoms with Crippen molar-refractivity contribution in [2.45, 2.75) is 81.6 Å². The Kier molecular flexibility index (Phi) is 7.48. The Hall–Kier alpha value is -1.20. The lowest BCUT2D eigenvalue weighted by Crippen LogP contribution is -2.36. The Labute approximate surface area is 166 Å². The second kappa shape index (κ2) is 9.83. The molecule has 0 spiro atoms. The predicted molar refractivity (Wildman–Crippen MR) is 113 cm³/mol. The van der Waals surface area contributed by atoms with Gasteiger partial charge in [-0.15, -0.1) is 0 Å². The number of hydrogen-bond donors (Lipinski definition) is 2. The highest BCUT2D eigenvalue weighted by atomic mass is 32.2. The van der Waals surface area contributed by atoms with Crippen molar-refractivity contribution in [1.82, 2.24) is 0 Å². The Morgan fingerprint density at radius 3 is 2.52 bits per heavy atom. The number of benzene rings is 1. The monoisotopic (exact) mass is 390 g/mol. The highest BCUT2D eigenvalue weighted by molar-refractivity contribution is 7.84. The second-order valence-corrected chi connectivity index (χ2v) is 10.2. The van der Waals surface area contributed by atoms with Gasteiger partial charge in [0.05, 0.1) is 0 Å². The summed E-state index contributed by atoms with van der Waals surface area (Å²) in [6, 6.07) is 7.86. The van der Waals surface area contributed by atoms with Crippen LogP contribution in [0.25, 0.3) is 0 Å². The summed E-state index contributed by atoms with van der Waals surface area (Å²) in [7, 11) is -0.821. The Bertz CT molecular complexity index is 649. The molecule has 1 aromatic rings. The largest absolute Gasteiger partial charge is 0.330 e. The minimum absolute atomic E-state index is 0.0254. The van der Waals surface area contributed by atoms with Crippen molar-refractivity contribution in [3.63, 3.8) is 0 Å². The fraction of sp³-hybridized carbons (Fsp3) is 0.682. The Morgan fingerprint density at radius 2 is 1.81 bits per heavy atom. The van der Waals surface area contributed by atoms with Crippen LogP contribution in [0.3, 0.4) is 0 Å². The van der Waals surface area contributed by atoms with Crippen LogP contribution in [0.4, 0.5) is 5.69 Å². The summed E-state index contributed by atoms with van der Waals surface area (Å²) in [4.78, 5) is 12.6. The quantitative estimate of drug-likeness (QED) is 0.720. The van der Waals surface area contributed by atoms with Gasteiger partial charge in [-0.25, -0.2) is 0 Å². The molecule has 1 unspecified atom stereocenters. The van der Waals surface area contributed by atoms with Crippen LogP contribution in [-0.4, -0.2) is 21.9 Å². The zero-order valence-electron chi connectivity index (χ0n) is 16.4. The van der Waals surface area contributed by atoms with Gasteiger partial charge in [0.2, 0.25) is 5.91 Å². The van der Waals surface area contributed by atoms with Crippen molar-refractivity contribution in [2.24, 2.45) is 11.1 Å². The molecule has 0 aromatic heterocycles. The maximum atomic E-state index is 12.7. The molecule has 0 bridgehead atoms. The van der Waals surface area contributed by atoms with E-state index in [1.807, 2.05) is 24.3 Å². The molecule has 2 fully saturated rings. The first-order chi connectivity index (χ1) is 13.1. The zero-order valence-corrected chi connectivity index (χ0v) is 17.2. The van der Waals surface area contributed by atoms with Gasteiger partial charge in [-0.2, -0.15) is 0 Å². The van der Waals surface area contributed by atoms with E-state index in [0.29, 0.717) is 24.0 Å². The highest BCUT2D eigenvalue weighted by Gasteiger charge is 2.33. The third-order valence-electron chi connectivity index (χ3n) is 6.33. The maximum absolute atomic E-state index is 12.7. The van der Waals surface area contributed by atoms with Gasteiger partial charge >= 0.3 is 0 Å². The van der Waals surface area contributed by atoms with Gasteiger partial charge in [-0.3, -0.25) is 9.00 Å². The van der Waals surface area contributed by atoms with Gasteiger partial charge in [0.1, 0.15) is 0 Å². The Morgan fingerprint density at radius 1 is 1.11 bits per heavy atom. The summed E-state index contributed by atoms with van der Waals surface area (Å²) in [6.45, 7) is 0.584. The van der Waals surface area contributed by atoms with E-state index in [-0.39, 0.29) is 11.3 Å². The van der Waals surface area contributed by atoms with Crippen molar-refractivity contribution in [1.29, 1.82) is 0 Å². The van der Waals surface area contributed by atoms with Crippen molar-refractivity contribution >= 4 is 22.4 Å². The molecule has 0 radical (unpaired) electrons. The zero-order chi connectivity index (χ0) is 19.1. The molecule has 0 aliphatic heterocycles. The molecule has 5 heteroatoms. The van der Waals surface area contributed by atoms with Crippen LogP contribution in [0, 0.1) is 5.41 Å². The third-order valence-corrected chi connectivity index (χ3v) is 8.16. The van der Waals surface area contributed by atoms with Gasteiger partial charge in [0, 0.05) is 33.9 Å². The van der Waals surface area contributed by atoms with Gasteiger partial charge < -0.3 is 11.1 Å². The van der Waals surface area contributed by atoms with E-state index in [1.165, 1.54) is 38.5 Å². The number of hydrogen-bond acceptors (Lipinski definition) is 3. The molecule has 1 amide bonds. The molecule has 2 aliphatic rings. The van der Waals surface area contributed by atoms with E-state index < -0.39 is 10.8 Å². The van der Waals surface area contributed by atoms with Crippen LogP contribution >= 0.6 is 0 Å². The maximum Gasteiger partial charge on any atom is 0.224 e. The van der Waals surface area contributed by atoms with Gasteiger partial charge in [0.25, 0.3) is 0 Å². The topological polar surface area (TPSA) is 72.2 Å². The van der Waals surface area contributed by atoms with Crippen molar-refractivity contribution in [2.75, 3.05) is 11.9 Å². The minimum atomic E-state index is -0.821. The summed E-state index contributed by atoms with van der Waals surface area (Å²) in [5, 5.41) is 3.39. The van der Waals surface area contributed by atoms with Crippen LogP contribution in [0.1, 0.15) is 76.2 Å². The number of amides is 1. The molecule has 3 N–H and O–H groups in total. The molecule has 0 heterocycles. The van der Waals surface area contributed by atoms with E-state index in [2.05, 4.69) is 5.32 Å². The molecule has 3 rings (SSSR count). The van der Waals surface area contributed by atoms with E-state index in [1.54, 1.807) is 0 Å². The summed E-state index contributed by atoms with van der Waals surface area (Å²) < 4.78 is 12.7. The van der Waals surface area contributed by atoms with E-state index in [4.69, 9.17) is 5.73 Å². The summed E-state index contributed by atoms with van der Waals surface area (Å²) in [5.41, 5.74) is 7.84. The molecular weight excluding hydrogens is 356 g/mol. The lowest BCUT2D eigenvalue weighted by molar-refractivity contribution is -0.118.